The highest BCUT2D eigenvalue weighted by Gasteiger charge is 2.37. The molecule has 37 heavy (non-hydrogen) atoms. The molecule has 0 aliphatic carbocycles. The molecule has 4 rings (SSSR count). The first kappa shape index (κ1) is 26.3. The summed E-state index contributed by atoms with van der Waals surface area (Å²) in [5.74, 6) is -0.700. The van der Waals surface area contributed by atoms with Crippen LogP contribution in [-0.4, -0.2) is 19.7 Å². The molecular weight excluding hydrogens is 526 g/mol. The summed E-state index contributed by atoms with van der Waals surface area (Å²) in [5.41, 5.74) is -3.83. The second kappa shape index (κ2) is 9.92. The molecule has 194 valence electrons. The molecule has 4 aromatic rings. The van der Waals surface area contributed by atoms with Crippen molar-refractivity contribution in [2.75, 3.05) is 0 Å². The number of H-pyrrole nitrogens is 1. The normalized spacial score (nSPS) is 12.2. The van der Waals surface area contributed by atoms with Crippen LogP contribution in [0.5, 0.6) is 0 Å². The fourth-order valence-corrected chi connectivity index (χ4v) is 4.38. The van der Waals surface area contributed by atoms with Crippen LogP contribution in [0.2, 0.25) is 0 Å². The number of aromatic nitrogens is 4. The monoisotopic (exact) mass is 542 g/mol. The average Bonchev–Trinajstić information content (AvgIpc) is 3.30. The number of rotatable bonds is 6. The molecule has 0 aliphatic rings. The molecule has 0 saturated heterocycles. The van der Waals surface area contributed by atoms with Gasteiger partial charge < -0.3 is 4.52 Å². The van der Waals surface area contributed by atoms with Gasteiger partial charge in [-0.05, 0) is 30.7 Å². The predicted octanol–water partition coefficient (Wildman–Crippen LogP) is 5.27. The Labute approximate surface area is 208 Å². The molecule has 2 aromatic carbocycles. The number of nitrogens with zero attached hydrogens (tertiary/aromatic N) is 3. The Hall–Kier alpha value is -3.81. The van der Waals surface area contributed by atoms with E-state index in [0.717, 1.165) is 17.3 Å². The van der Waals surface area contributed by atoms with E-state index in [1.165, 1.54) is 11.5 Å². The van der Waals surface area contributed by atoms with Gasteiger partial charge in [0.05, 0.1) is 28.5 Å². The predicted molar refractivity (Wildman–Crippen MR) is 121 cm³/mol. The Kier molecular flexibility index (Phi) is 7.04. The average molecular weight is 542 g/mol. The second-order valence-corrected chi connectivity index (χ2v) is 8.82. The van der Waals surface area contributed by atoms with E-state index in [9.17, 15) is 35.9 Å². The molecule has 0 unspecified atom stereocenters. The van der Waals surface area contributed by atoms with Crippen molar-refractivity contribution in [1.82, 2.24) is 19.7 Å². The highest BCUT2D eigenvalue weighted by Crippen LogP contribution is 2.38. The minimum Gasteiger partial charge on any atom is -0.334 e. The van der Waals surface area contributed by atoms with E-state index in [1.54, 1.807) is 30.3 Å². The van der Waals surface area contributed by atoms with Crippen molar-refractivity contribution in [3.8, 4) is 11.5 Å². The van der Waals surface area contributed by atoms with E-state index in [0.29, 0.717) is 17.2 Å². The zero-order chi connectivity index (χ0) is 27.0. The van der Waals surface area contributed by atoms with Crippen LogP contribution >= 0.6 is 11.8 Å². The van der Waals surface area contributed by atoms with Crippen LogP contribution in [-0.2, 0) is 24.7 Å². The summed E-state index contributed by atoms with van der Waals surface area (Å²) < 4.78 is 85.3. The second-order valence-electron chi connectivity index (χ2n) is 7.86. The quantitative estimate of drug-likeness (QED) is 0.203. The number of benzene rings is 2. The van der Waals surface area contributed by atoms with Gasteiger partial charge in [0.25, 0.3) is 11.4 Å². The summed E-state index contributed by atoms with van der Waals surface area (Å²) in [6.45, 7) is 1.65. The summed E-state index contributed by atoms with van der Waals surface area (Å²) in [6, 6.07) is 9.91. The minimum absolute atomic E-state index is 0.00165. The van der Waals surface area contributed by atoms with Crippen LogP contribution in [0.4, 0.5) is 26.3 Å². The van der Waals surface area contributed by atoms with Crippen LogP contribution < -0.4 is 11.2 Å². The molecule has 0 saturated carbocycles. The Morgan fingerprint density at radius 2 is 1.59 bits per heavy atom. The largest absolute Gasteiger partial charge is 0.416 e. The number of hydrogen-bond acceptors (Lipinski definition) is 6. The van der Waals surface area contributed by atoms with Gasteiger partial charge in [0, 0.05) is 11.1 Å². The van der Waals surface area contributed by atoms with Gasteiger partial charge in [0.15, 0.2) is 5.82 Å². The molecule has 2 heterocycles. The molecule has 0 spiro atoms. The molecule has 0 atom stereocenters. The first-order valence-electron chi connectivity index (χ1n) is 10.5. The van der Waals surface area contributed by atoms with Crippen LogP contribution in [0.1, 0.15) is 28.1 Å². The Morgan fingerprint density at radius 3 is 2.19 bits per heavy atom. The number of aromatic amines is 1. The van der Waals surface area contributed by atoms with Crippen LogP contribution in [0.15, 0.2) is 67.7 Å². The zero-order valence-corrected chi connectivity index (χ0v) is 19.6. The van der Waals surface area contributed by atoms with Gasteiger partial charge in [0.2, 0.25) is 0 Å². The molecule has 0 amide bonds. The number of alkyl halides is 6. The molecular formula is C23H16F6N4O3S. The summed E-state index contributed by atoms with van der Waals surface area (Å²) in [7, 11) is 0. The van der Waals surface area contributed by atoms with E-state index < -0.39 is 46.2 Å². The van der Waals surface area contributed by atoms with Crippen LogP contribution in [0, 0.1) is 6.92 Å². The van der Waals surface area contributed by atoms with Crippen molar-refractivity contribution < 1.29 is 30.9 Å². The molecule has 0 bridgehead atoms. The third-order valence-corrected chi connectivity index (χ3v) is 6.40. The highest BCUT2D eigenvalue weighted by molar-refractivity contribution is 7.98. The number of halogens is 6. The smallest absolute Gasteiger partial charge is 0.334 e. The lowest BCUT2D eigenvalue weighted by Crippen LogP contribution is -2.33. The van der Waals surface area contributed by atoms with Crippen molar-refractivity contribution in [2.45, 2.75) is 36.6 Å². The van der Waals surface area contributed by atoms with Gasteiger partial charge in [-0.3, -0.25) is 14.3 Å². The van der Waals surface area contributed by atoms with Gasteiger partial charge in [0.1, 0.15) is 0 Å². The first-order chi connectivity index (χ1) is 17.3. The first-order valence-corrected chi connectivity index (χ1v) is 11.4. The third-order valence-electron chi connectivity index (χ3n) is 5.20. The van der Waals surface area contributed by atoms with Crippen molar-refractivity contribution in [2.24, 2.45) is 0 Å². The number of thioether (sulfide) groups is 1. The summed E-state index contributed by atoms with van der Waals surface area (Å²) in [6.07, 6.45) is -10.1. The fraction of sp³-hybridized carbons (Fsp3) is 0.217. The third kappa shape index (κ3) is 5.96. The Morgan fingerprint density at radius 1 is 0.973 bits per heavy atom. The van der Waals surface area contributed by atoms with E-state index >= 15 is 0 Å². The summed E-state index contributed by atoms with van der Waals surface area (Å²) in [4.78, 5) is 30.8. The molecule has 1 N–H and O–H groups in total. The van der Waals surface area contributed by atoms with Gasteiger partial charge in [-0.25, -0.2) is 4.79 Å². The lowest BCUT2D eigenvalue weighted by atomic mass is 10.0. The maximum atomic E-state index is 13.2. The van der Waals surface area contributed by atoms with Gasteiger partial charge in [-0.1, -0.05) is 47.3 Å². The fourth-order valence-electron chi connectivity index (χ4n) is 3.39. The van der Waals surface area contributed by atoms with Crippen LogP contribution in [0.25, 0.3) is 11.5 Å². The van der Waals surface area contributed by atoms with Crippen molar-refractivity contribution >= 4 is 11.8 Å². The van der Waals surface area contributed by atoms with E-state index in [2.05, 4.69) is 15.1 Å². The molecule has 0 fully saturated rings. The summed E-state index contributed by atoms with van der Waals surface area (Å²) >= 11 is 0.996. The highest BCUT2D eigenvalue weighted by atomic mass is 32.2. The van der Waals surface area contributed by atoms with Crippen molar-refractivity contribution in [1.29, 1.82) is 0 Å². The lowest BCUT2D eigenvalue weighted by Gasteiger charge is -2.13. The number of hydrogen-bond donors (Lipinski definition) is 1. The maximum Gasteiger partial charge on any atom is 0.416 e. The molecule has 2 aromatic heterocycles. The van der Waals surface area contributed by atoms with Gasteiger partial charge in [-0.15, -0.1) is 0 Å². The van der Waals surface area contributed by atoms with Crippen LogP contribution in [0.3, 0.4) is 0 Å². The number of nitrogens with one attached hydrogen (secondary N) is 1. The molecule has 7 nitrogen and oxygen atoms in total. The minimum atomic E-state index is -5.03. The van der Waals surface area contributed by atoms with Crippen molar-refractivity contribution in [3.63, 3.8) is 0 Å². The van der Waals surface area contributed by atoms with Gasteiger partial charge >= 0.3 is 18.0 Å². The standard InChI is InChI=1S/C23H16F6N4O3S/c1-12-18(34)31-21(35)33(10-13-5-3-2-4-6-13)20(12)37-11-17-30-19(36-32-17)14-7-15(22(24,25)26)9-16(8-14)23(27,28)29/h2-9H,10-11H2,1H3,(H,31,34,35). The van der Waals surface area contributed by atoms with E-state index in [4.69, 9.17) is 4.52 Å². The molecule has 14 heteroatoms. The summed E-state index contributed by atoms with van der Waals surface area (Å²) in [5, 5.41) is 3.93. The Balaban J connectivity index is 1.64. The zero-order valence-electron chi connectivity index (χ0n) is 18.8. The van der Waals surface area contributed by atoms with Gasteiger partial charge in [-0.2, -0.15) is 31.3 Å². The topological polar surface area (TPSA) is 93.8 Å². The molecule has 0 radical (unpaired) electrons. The lowest BCUT2D eigenvalue weighted by molar-refractivity contribution is -0.143. The molecule has 0 aliphatic heterocycles. The SMILES string of the molecule is Cc1c(SCc2noc(-c3cc(C(F)(F)F)cc(C(F)(F)F)c3)n2)n(Cc2ccccc2)c(=O)[nH]c1=O. The van der Waals surface area contributed by atoms with E-state index in [-0.39, 0.29) is 29.8 Å². The Bertz CT molecular complexity index is 1510. The maximum absolute atomic E-state index is 13.2. The van der Waals surface area contributed by atoms with E-state index in [1.807, 2.05) is 0 Å². The van der Waals surface area contributed by atoms with Crippen molar-refractivity contribution in [3.05, 3.63) is 97.4 Å².